The number of fused-ring (bicyclic) bond motifs is 1. The lowest BCUT2D eigenvalue weighted by atomic mass is 9.98. The van der Waals surface area contributed by atoms with E-state index < -0.39 is 23.5 Å². The second-order valence-electron chi connectivity index (χ2n) is 7.91. The summed E-state index contributed by atoms with van der Waals surface area (Å²) in [7, 11) is 3.93. The van der Waals surface area contributed by atoms with Crippen molar-refractivity contribution in [3.05, 3.63) is 68.3 Å². The summed E-state index contributed by atoms with van der Waals surface area (Å²) in [4.78, 5) is 30.9. The number of furan rings is 1. The Morgan fingerprint density at radius 1 is 1.29 bits per heavy atom. The van der Waals surface area contributed by atoms with E-state index in [1.54, 1.807) is 29.2 Å². The number of hydrogen-bond acceptors (Lipinski definition) is 6. The first-order valence-electron chi connectivity index (χ1n) is 9.94. The van der Waals surface area contributed by atoms with Gasteiger partial charge in [-0.15, -0.1) is 11.3 Å². The highest BCUT2D eigenvalue weighted by Crippen LogP contribution is 2.42. The zero-order valence-electron chi connectivity index (χ0n) is 17.5. The van der Waals surface area contributed by atoms with E-state index in [2.05, 4.69) is 0 Å². The molecule has 6 nitrogen and oxygen atoms in total. The second-order valence-corrected chi connectivity index (χ2v) is 9.29. The van der Waals surface area contributed by atoms with Gasteiger partial charge in [0.05, 0.1) is 11.6 Å². The molecule has 162 valence electrons. The lowest BCUT2D eigenvalue weighted by molar-refractivity contribution is -0.129. The fourth-order valence-corrected chi connectivity index (χ4v) is 5.10. The molecule has 1 aliphatic rings. The van der Waals surface area contributed by atoms with Gasteiger partial charge in [0.15, 0.2) is 11.5 Å². The Balaban J connectivity index is 1.74. The number of hydrogen-bond donors (Lipinski definition) is 1. The molecular weight excluding hydrogens is 436 g/mol. The van der Waals surface area contributed by atoms with Gasteiger partial charge < -0.3 is 19.3 Å². The van der Waals surface area contributed by atoms with E-state index in [9.17, 15) is 14.7 Å². The van der Waals surface area contributed by atoms with Crippen molar-refractivity contribution in [1.29, 1.82) is 0 Å². The molecule has 0 aliphatic carbocycles. The highest BCUT2D eigenvalue weighted by Gasteiger charge is 2.45. The summed E-state index contributed by atoms with van der Waals surface area (Å²) >= 11 is 7.51. The molecule has 1 amide bonds. The molecule has 1 aromatic carbocycles. The predicted molar refractivity (Wildman–Crippen MR) is 122 cm³/mol. The van der Waals surface area contributed by atoms with Crippen molar-refractivity contribution >= 4 is 45.6 Å². The van der Waals surface area contributed by atoms with E-state index in [0.717, 1.165) is 23.4 Å². The molecule has 3 aromatic rings. The molecule has 1 N–H and O–H groups in total. The number of halogens is 1. The van der Waals surface area contributed by atoms with E-state index in [4.69, 9.17) is 16.0 Å². The number of thiophene rings is 1. The Hall–Kier alpha value is -2.61. The first-order valence-corrected chi connectivity index (χ1v) is 11.2. The SMILES string of the molecule is Cc1ccsc1C1C(C(=O)c2cc3cc(Cl)ccc3o2)=C(O)C(=O)N1CCCN(C)C. The third-order valence-corrected chi connectivity index (χ3v) is 6.71. The van der Waals surface area contributed by atoms with Crippen LogP contribution in [-0.4, -0.2) is 53.8 Å². The molecule has 0 radical (unpaired) electrons. The average molecular weight is 459 g/mol. The minimum Gasteiger partial charge on any atom is -0.503 e. The minimum absolute atomic E-state index is 0.0607. The van der Waals surface area contributed by atoms with E-state index in [-0.39, 0.29) is 11.3 Å². The molecule has 1 atom stereocenters. The zero-order valence-corrected chi connectivity index (χ0v) is 19.1. The van der Waals surface area contributed by atoms with Crippen molar-refractivity contribution in [2.75, 3.05) is 27.2 Å². The van der Waals surface area contributed by atoms with Crippen LogP contribution in [0, 0.1) is 6.92 Å². The molecule has 0 spiro atoms. The monoisotopic (exact) mass is 458 g/mol. The second kappa shape index (κ2) is 8.49. The summed E-state index contributed by atoms with van der Waals surface area (Å²) < 4.78 is 5.74. The van der Waals surface area contributed by atoms with Gasteiger partial charge in [-0.3, -0.25) is 9.59 Å². The fourth-order valence-electron chi connectivity index (χ4n) is 3.87. The highest BCUT2D eigenvalue weighted by molar-refractivity contribution is 7.10. The number of rotatable bonds is 7. The third kappa shape index (κ3) is 4.01. The molecule has 1 unspecified atom stereocenters. The fraction of sp³-hybridized carbons (Fsp3) is 0.304. The van der Waals surface area contributed by atoms with Gasteiger partial charge >= 0.3 is 0 Å². The average Bonchev–Trinajstić information content (AvgIpc) is 3.39. The summed E-state index contributed by atoms with van der Waals surface area (Å²) in [5, 5.41) is 13.9. The molecule has 8 heteroatoms. The number of nitrogens with zero attached hydrogens (tertiary/aromatic N) is 2. The number of carbonyl (C=O) groups is 2. The molecular formula is C23H23ClN2O4S. The lowest BCUT2D eigenvalue weighted by Crippen LogP contribution is -2.33. The van der Waals surface area contributed by atoms with E-state index in [0.29, 0.717) is 22.5 Å². The van der Waals surface area contributed by atoms with Crippen LogP contribution in [0.5, 0.6) is 0 Å². The van der Waals surface area contributed by atoms with Gasteiger partial charge in [-0.1, -0.05) is 11.6 Å². The molecule has 0 saturated heterocycles. The topological polar surface area (TPSA) is 74.0 Å². The maximum atomic E-state index is 13.5. The van der Waals surface area contributed by atoms with Crippen molar-refractivity contribution in [2.24, 2.45) is 0 Å². The van der Waals surface area contributed by atoms with Gasteiger partial charge in [0.2, 0.25) is 5.78 Å². The molecule has 4 rings (SSSR count). The zero-order chi connectivity index (χ0) is 22.3. The molecule has 2 aromatic heterocycles. The van der Waals surface area contributed by atoms with Crippen LogP contribution < -0.4 is 0 Å². The molecule has 0 saturated carbocycles. The molecule has 31 heavy (non-hydrogen) atoms. The maximum Gasteiger partial charge on any atom is 0.290 e. The number of aryl methyl sites for hydroxylation is 1. The van der Waals surface area contributed by atoms with E-state index in [1.165, 1.54) is 11.3 Å². The van der Waals surface area contributed by atoms with Crippen molar-refractivity contribution in [2.45, 2.75) is 19.4 Å². The Bertz CT molecular complexity index is 1190. The number of aliphatic hydroxyl groups excluding tert-OH is 1. The van der Waals surface area contributed by atoms with Crippen LogP contribution in [0.4, 0.5) is 0 Å². The Morgan fingerprint density at radius 2 is 2.06 bits per heavy atom. The van der Waals surface area contributed by atoms with Crippen LogP contribution in [0.15, 0.2) is 51.5 Å². The molecule has 1 aliphatic heterocycles. The molecule has 3 heterocycles. The summed E-state index contributed by atoms with van der Waals surface area (Å²) in [6, 6.07) is 7.99. The first-order chi connectivity index (χ1) is 14.8. The Labute approximate surface area is 189 Å². The predicted octanol–water partition coefficient (Wildman–Crippen LogP) is 4.99. The van der Waals surface area contributed by atoms with Gasteiger partial charge in [-0.25, -0.2) is 0 Å². The Morgan fingerprint density at radius 3 is 2.74 bits per heavy atom. The summed E-state index contributed by atoms with van der Waals surface area (Å²) in [5.41, 5.74) is 1.55. The number of Topliss-reactive ketones (excluding diaryl/α,β-unsaturated/α-hetero) is 1. The Kier molecular flexibility index (Phi) is 5.92. The number of ketones is 1. The normalized spacial score (nSPS) is 16.9. The first kappa shape index (κ1) is 21.6. The third-order valence-electron chi connectivity index (χ3n) is 5.40. The van der Waals surface area contributed by atoms with Gasteiger partial charge in [0, 0.05) is 21.8 Å². The molecule has 0 fully saturated rings. The van der Waals surface area contributed by atoms with Gasteiger partial charge in [-0.2, -0.15) is 0 Å². The highest BCUT2D eigenvalue weighted by atomic mass is 35.5. The number of amides is 1. The van der Waals surface area contributed by atoms with Crippen molar-refractivity contribution in [1.82, 2.24) is 9.80 Å². The maximum absolute atomic E-state index is 13.5. The summed E-state index contributed by atoms with van der Waals surface area (Å²) in [5.74, 6) is -1.46. The van der Waals surface area contributed by atoms with Crippen molar-refractivity contribution in [3.8, 4) is 0 Å². The summed E-state index contributed by atoms with van der Waals surface area (Å²) in [6.45, 7) is 3.15. The standard InChI is InChI=1S/C23H23ClN2O4S/c1-13-7-10-31-22(13)19-18(21(28)23(29)26(19)9-4-8-25(2)3)20(27)17-12-14-11-15(24)5-6-16(14)30-17/h5-7,10-12,19,28H,4,8-9H2,1-3H3. The number of aliphatic hydroxyl groups is 1. The number of benzene rings is 1. The van der Waals surface area contributed by atoms with E-state index in [1.807, 2.05) is 37.4 Å². The summed E-state index contributed by atoms with van der Waals surface area (Å²) in [6.07, 6.45) is 0.720. The van der Waals surface area contributed by atoms with Crippen LogP contribution in [0.1, 0.15) is 33.5 Å². The van der Waals surface area contributed by atoms with Crippen LogP contribution in [0.3, 0.4) is 0 Å². The van der Waals surface area contributed by atoms with Crippen molar-refractivity contribution < 1.29 is 19.1 Å². The van der Waals surface area contributed by atoms with Crippen molar-refractivity contribution in [3.63, 3.8) is 0 Å². The number of carbonyl (C=O) groups excluding carboxylic acids is 2. The van der Waals surface area contributed by atoms with Gasteiger partial charge in [-0.05, 0) is 75.3 Å². The van der Waals surface area contributed by atoms with Crippen LogP contribution >= 0.6 is 22.9 Å². The van der Waals surface area contributed by atoms with E-state index >= 15 is 0 Å². The van der Waals surface area contributed by atoms with Crippen LogP contribution in [0.25, 0.3) is 11.0 Å². The smallest absolute Gasteiger partial charge is 0.290 e. The quantitative estimate of drug-likeness (QED) is 0.505. The van der Waals surface area contributed by atoms with Crippen LogP contribution in [-0.2, 0) is 4.79 Å². The lowest BCUT2D eigenvalue weighted by Gasteiger charge is -2.26. The molecule has 0 bridgehead atoms. The largest absolute Gasteiger partial charge is 0.503 e. The van der Waals surface area contributed by atoms with Crippen LogP contribution in [0.2, 0.25) is 5.02 Å². The van der Waals surface area contributed by atoms with Gasteiger partial charge in [0.25, 0.3) is 5.91 Å². The minimum atomic E-state index is -0.640. The van der Waals surface area contributed by atoms with Gasteiger partial charge in [0.1, 0.15) is 5.58 Å².